The average Bonchev–Trinajstić information content (AvgIpc) is 3.47. The third-order valence-corrected chi connectivity index (χ3v) is 15.0. The molecule has 0 unspecified atom stereocenters. The van der Waals surface area contributed by atoms with Crippen LogP contribution in [0.3, 0.4) is 0 Å². The van der Waals surface area contributed by atoms with Crippen molar-refractivity contribution in [3.8, 4) is 5.75 Å². The molecule has 420 valence electrons. The molecule has 0 atom stereocenters. The van der Waals surface area contributed by atoms with Crippen LogP contribution < -0.4 is 15.6 Å². The predicted octanol–water partition coefficient (Wildman–Crippen LogP) is 3.89. The highest BCUT2D eigenvalue weighted by atomic mass is 32.2. The average molecular weight is 1100 g/mol. The number of rotatable bonds is 31. The van der Waals surface area contributed by atoms with Crippen LogP contribution in [0.25, 0.3) is 10.8 Å². The van der Waals surface area contributed by atoms with Gasteiger partial charge >= 0.3 is 5.97 Å². The molecule has 0 spiro atoms. The molecular weight excluding hydrogens is 1040 g/mol. The molecule has 1 aromatic heterocycles. The van der Waals surface area contributed by atoms with Gasteiger partial charge in [0, 0.05) is 56.6 Å². The number of carboxylic acid groups (broad SMARTS) is 1. The van der Waals surface area contributed by atoms with Crippen LogP contribution in [-0.4, -0.2) is 193 Å². The van der Waals surface area contributed by atoms with Crippen LogP contribution in [0.4, 0.5) is 4.39 Å². The van der Waals surface area contributed by atoms with E-state index in [0.29, 0.717) is 153 Å². The van der Waals surface area contributed by atoms with Crippen LogP contribution in [-0.2, 0) is 54.5 Å². The fourth-order valence-corrected chi connectivity index (χ4v) is 10.3. The number of halogens is 1. The minimum atomic E-state index is -3.75. The molecule has 21 nitrogen and oxygen atoms in total. The Balaban J connectivity index is 0.625. The van der Waals surface area contributed by atoms with E-state index in [1.165, 1.54) is 40.7 Å². The Bertz CT molecular complexity index is 2910. The molecule has 2 fully saturated rings. The van der Waals surface area contributed by atoms with Gasteiger partial charge in [-0.3, -0.25) is 24.0 Å². The molecule has 0 radical (unpaired) electrons. The number of aliphatic carboxylic acids is 1. The highest BCUT2D eigenvalue weighted by Crippen LogP contribution is 2.32. The Kier molecular flexibility index (Phi) is 23.0. The van der Waals surface area contributed by atoms with E-state index in [4.69, 9.17) is 38.3 Å². The van der Waals surface area contributed by atoms with Gasteiger partial charge in [0.2, 0.25) is 15.9 Å². The van der Waals surface area contributed by atoms with E-state index >= 15 is 0 Å². The van der Waals surface area contributed by atoms with Crippen LogP contribution in [0, 0.1) is 5.82 Å². The lowest BCUT2D eigenvalue weighted by atomic mass is 9.90. The zero-order valence-electron chi connectivity index (χ0n) is 43.4. The van der Waals surface area contributed by atoms with Gasteiger partial charge < -0.3 is 53.4 Å². The third-order valence-electron chi connectivity index (χ3n) is 13.1. The summed E-state index contributed by atoms with van der Waals surface area (Å²) in [5, 5.41) is 18.9. The van der Waals surface area contributed by atoms with Crippen molar-refractivity contribution in [2.24, 2.45) is 0 Å². The van der Waals surface area contributed by atoms with E-state index in [0.717, 1.165) is 5.56 Å². The highest BCUT2D eigenvalue weighted by molar-refractivity contribution is 7.89. The Morgan fingerprint density at radius 2 is 1.22 bits per heavy atom. The van der Waals surface area contributed by atoms with Crippen LogP contribution in [0.1, 0.15) is 62.7 Å². The van der Waals surface area contributed by atoms with Crippen LogP contribution in [0.5, 0.6) is 5.75 Å². The topological polar surface area (TPSA) is 255 Å². The Morgan fingerprint density at radius 1 is 0.667 bits per heavy atom. The highest BCUT2D eigenvalue weighted by Gasteiger charge is 2.31. The molecular formula is C55H67FN6O15S. The van der Waals surface area contributed by atoms with E-state index in [-0.39, 0.29) is 59.5 Å². The van der Waals surface area contributed by atoms with Crippen LogP contribution in [0.15, 0.2) is 101 Å². The maximum absolute atomic E-state index is 14.9. The van der Waals surface area contributed by atoms with Crippen LogP contribution >= 0.6 is 0 Å². The van der Waals surface area contributed by atoms with E-state index in [1.54, 1.807) is 34.1 Å². The second kappa shape index (κ2) is 30.4. The first-order valence-electron chi connectivity index (χ1n) is 26.0. The smallest absolute Gasteiger partial charge is 0.322 e. The molecule has 0 bridgehead atoms. The van der Waals surface area contributed by atoms with E-state index in [9.17, 15) is 36.8 Å². The van der Waals surface area contributed by atoms with Gasteiger partial charge in [0.1, 0.15) is 24.7 Å². The number of nitrogens with zero attached hydrogens (tertiary/aromatic N) is 4. The zero-order valence-corrected chi connectivity index (χ0v) is 44.3. The summed E-state index contributed by atoms with van der Waals surface area (Å²) in [5.41, 5.74) is 2.21. The summed E-state index contributed by atoms with van der Waals surface area (Å²) in [7, 11) is -3.75. The minimum Gasteiger partial charge on any atom is -0.491 e. The number of amides is 3. The van der Waals surface area contributed by atoms with Gasteiger partial charge in [-0.2, -0.15) is 9.40 Å². The summed E-state index contributed by atoms with van der Waals surface area (Å²) < 4.78 is 82.1. The zero-order chi connectivity index (χ0) is 55.1. The number of benzene rings is 4. The number of carbonyl (C=O) groups excluding carboxylic acids is 3. The normalized spacial score (nSPS) is 14.4. The van der Waals surface area contributed by atoms with Crippen molar-refractivity contribution in [3.05, 3.63) is 135 Å². The SMILES string of the molecule is O=C(O)CNC(=O)c1ccc(S(=O)(=O)N2CCC(c3ccc(OCCOCCOCCOCCOCCOCCOCCC(=O)N4CCN(C(=O)c5cc(Cc6n[nH]c(=O)c7ccccc67)ccc5F)CC4)cc3)CC2)cc1. The first-order chi connectivity index (χ1) is 37.9. The molecule has 23 heteroatoms. The molecule has 2 aliphatic rings. The van der Waals surface area contributed by atoms with Gasteiger partial charge in [0.05, 0.1) is 107 Å². The van der Waals surface area contributed by atoms with Gasteiger partial charge in [-0.1, -0.05) is 36.4 Å². The van der Waals surface area contributed by atoms with E-state index in [1.807, 2.05) is 30.3 Å². The number of hydrogen-bond acceptors (Lipinski definition) is 15. The summed E-state index contributed by atoms with van der Waals surface area (Å²) in [6.07, 6.45) is 1.79. The number of nitrogens with one attached hydrogen (secondary N) is 2. The Morgan fingerprint density at radius 3 is 1.81 bits per heavy atom. The van der Waals surface area contributed by atoms with Gasteiger partial charge in [0.15, 0.2) is 0 Å². The lowest BCUT2D eigenvalue weighted by Crippen LogP contribution is -2.50. The van der Waals surface area contributed by atoms with E-state index in [2.05, 4.69) is 15.5 Å². The first-order valence-corrected chi connectivity index (χ1v) is 27.4. The van der Waals surface area contributed by atoms with Gasteiger partial charge in [0.25, 0.3) is 17.4 Å². The second-order valence-corrected chi connectivity index (χ2v) is 20.3. The van der Waals surface area contributed by atoms with Crippen molar-refractivity contribution in [3.63, 3.8) is 0 Å². The Hall–Kier alpha value is -6.70. The first kappa shape index (κ1) is 59.0. The largest absolute Gasteiger partial charge is 0.491 e. The standard InChI is InChI=1S/C55H67FN6O15S/c56-49-14-5-40(38-50-46-3-1-2-4-47(46)54(67)59-58-50)37-48(49)55(68)61-22-20-60(21-23-61)51(63)17-24-71-25-26-72-27-28-73-29-30-74-31-32-75-33-34-76-35-36-77-44-10-6-41(7-11-44)42-15-18-62(19-16-42)78(69,70)45-12-8-43(9-13-45)53(66)57-39-52(64)65/h1-14,37,42H,15-36,38-39H2,(H,57,66)(H,59,67)(H,64,65). The number of fused-ring (bicyclic) bond motifs is 1. The Labute approximate surface area is 451 Å². The quantitative estimate of drug-likeness (QED) is 0.0532. The number of piperazine rings is 1. The molecule has 0 aliphatic carbocycles. The molecule has 4 aromatic carbocycles. The van der Waals surface area contributed by atoms with Gasteiger partial charge in [-0.25, -0.2) is 17.9 Å². The molecule has 3 amide bonds. The molecule has 5 aromatic rings. The van der Waals surface area contributed by atoms with Crippen molar-refractivity contribution in [2.75, 3.05) is 132 Å². The summed E-state index contributed by atoms with van der Waals surface area (Å²) in [5.74, 6) is -2.03. The van der Waals surface area contributed by atoms with Crippen molar-refractivity contribution in [1.82, 2.24) is 29.6 Å². The van der Waals surface area contributed by atoms with Crippen molar-refractivity contribution >= 4 is 44.5 Å². The molecule has 7 rings (SSSR count). The predicted molar refractivity (Wildman–Crippen MR) is 283 cm³/mol. The second-order valence-electron chi connectivity index (χ2n) is 18.3. The number of sulfonamides is 1. The lowest BCUT2D eigenvalue weighted by Gasteiger charge is -2.35. The van der Waals surface area contributed by atoms with Crippen molar-refractivity contribution in [1.29, 1.82) is 0 Å². The number of hydrogen-bond donors (Lipinski definition) is 3. The van der Waals surface area contributed by atoms with Gasteiger partial charge in [-0.05, 0) is 84.5 Å². The number of H-pyrrole nitrogens is 1. The van der Waals surface area contributed by atoms with Crippen LogP contribution in [0.2, 0.25) is 0 Å². The summed E-state index contributed by atoms with van der Waals surface area (Å²) >= 11 is 0. The number of carboxylic acids is 1. The maximum atomic E-state index is 14.9. The number of aromatic nitrogens is 2. The maximum Gasteiger partial charge on any atom is 0.322 e. The molecule has 2 saturated heterocycles. The number of ether oxygens (including phenoxy) is 7. The lowest BCUT2D eigenvalue weighted by molar-refractivity contribution is -0.136. The van der Waals surface area contributed by atoms with Gasteiger partial charge in [-0.15, -0.1) is 0 Å². The fourth-order valence-electron chi connectivity index (χ4n) is 8.86. The monoisotopic (exact) mass is 1100 g/mol. The summed E-state index contributed by atoms with van der Waals surface area (Å²) in [6, 6.07) is 24.7. The molecule has 3 N–H and O–H groups in total. The fraction of sp³-hybridized carbons (Fsp3) is 0.455. The minimum absolute atomic E-state index is 0.0522. The molecule has 78 heavy (non-hydrogen) atoms. The van der Waals surface area contributed by atoms with Crippen molar-refractivity contribution < 1.29 is 70.3 Å². The molecule has 2 aliphatic heterocycles. The number of carbonyl (C=O) groups is 4. The number of piperidine rings is 1. The summed E-state index contributed by atoms with van der Waals surface area (Å²) in [4.78, 5) is 64.5. The summed E-state index contributed by atoms with van der Waals surface area (Å²) in [6.45, 7) is 6.29. The molecule has 3 heterocycles. The third kappa shape index (κ3) is 17.7. The molecule has 0 saturated carbocycles. The van der Waals surface area contributed by atoms with Crippen molar-refractivity contribution in [2.45, 2.75) is 36.5 Å². The van der Waals surface area contributed by atoms with E-state index < -0.39 is 40.2 Å². The number of aromatic amines is 1.